The van der Waals surface area contributed by atoms with Crippen LogP contribution in [0.15, 0.2) is 22.7 Å². The van der Waals surface area contributed by atoms with Crippen LogP contribution >= 0.6 is 27.5 Å². The molecule has 0 bridgehead atoms. The number of likely N-dealkylation sites (tertiary alicyclic amines) is 1. The van der Waals surface area contributed by atoms with Crippen molar-refractivity contribution < 1.29 is 9.18 Å². The normalized spacial score (nSPS) is 17.2. The molecular weight excluding hydrogens is 308 g/mol. The van der Waals surface area contributed by atoms with Crippen LogP contribution in [-0.2, 0) is 0 Å². The fraction of sp³-hybridized carbons (Fsp3) is 0.417. The maximum Gasteiger partial charge on any atom is 0.253 e. The van der Waals surface area contributed by atoms with E-state index in [1.165, 1.54) is 18.2 Å². The summed E-state index contributed by atoms with van der Waals surface area (Å²) in [6, 6.07) is 4.32. The van der Waals surface area contributed by atoms with Gasteiger partial charge in [-0.3, -0.25) is 4.79 Å². The molecule has 1 fully saturated rings. The smallest absolute Gasteiger partial charge is 0.253 e. The van der Waals surface area contributed by atoms with E-state index in [2.05, 4.69) is 15.9 Å². The number of benzene rings is 1. The highest BCUT2D eigenvalue weighted by atomic mass is 79.9. The van der Waals surface area contributed by atoms with E-state index in [0.717, 1.165) is 12.8 Å². The monoisotopic (exact) mass is 319 g/mol. The highest BCUT2D eigenvalue weighted by Crippen LogP contribution is 2.21. The zero-order chi connectivity index (χ0) is 12.4. The first kappa shape index (κ1) is 12.8. The Morgan fingerprint density at radius 1 is 1.41 bits per heavy atom. The summed E-state index contributed by atoms with van der Waals surface area (Å²) in [5, 5.41) is 0.166. The minimum Gasteiger partial charge on any atom is -0.339 e. The Hall–Kier alpha value is -0.610. The molecule has 92 valence electrons. The first-order valence-corrected chi connectivity index (χ1v) is 6.69. The lowest BCUT2D eigenvalue weighted by Gasteiger charge is -2.29. The zero-order valence-electron chi connectivity index (χ0n) is 9.13. The SMILES string of the molecule is O=C(c1ccc(F)c(Br)c1)N1CCC(Cl)CC1. The molecule has 2 nitrogen and oxygen atoms in total. The molecule has 1 aromatic rings. The third-order valence-electron chi connectivity index (χ3n) is 2.88. The molecule has 17 heavy (non-hydrogen) atoms. The predicted octanol–water partition coefficient (Wildman–Crippen LogP) is 3.43. The average molecular weight is 321 g/mol. The molecule has 0 saturated carbocycles. The van der Waals surface area contributed by atoms with Crippen molar-refractivity contribution in [3.63, 3.8) is 0 Å². The maximum atomic E-state index is 13.1. The molecule has 0 N–H and O–H groups in total. The van der Waals surface area contributed by atoms with E-state index in [4.69, 9.17) is 11.6 Å². The van der Waals surface area contributed by atoms with Crippen molar-refractivity contribution in [2.24, 2.45) is 0 Å². The molecule has 1 heterocycles. The number of halogens is 3. The fourth-order valence-electron chi connectivity index (χ4n) is 1.86. The topological polar surface area (TPSA) is 20.3 Å². The lowest BCUT2D eigenvalue weighted by molar-refractivity contribution is 0.0726. The number of nitrogens with zero attached hydrogens (tertiary/aromatic N) is 1. The van der Waals surface area contributed by atoms with E-state index in [-0.39, 0.29) is 17.1 Å². The van der Waals surface area contributed by atoms with Crippen molar-refractivity contribution in [2.45, 2.75) is 18.2 Å². The average Bonchev–Trinajstić information content (AvgIpc) is 2.33. The summed E-state index contributed by atoms with van der Waals surface area (Å²) < 4.78 is 13.4. The van der Waals surface area contributed by atoms with Crippen LogP contribution in [0.3, 0.4) is 0 Å². The van der Waals surface area contributed by atoms with Gasteiger partial charge in [0.1, 0.15) is 5.82 Å². The number of alkyl halides is 1. The standard InChI is InChI=1S/C12H12BrClFNO/c13-10-7-8(1-2-11(10)15)12(17)16-5-3-9(14)4-6-16/h1-2,7,9H,3-6H2. The molecule has 1 aromatic carbocycles. The minimum absolute atomic E-state index is 0.0609. The van der Waals surface area contributed by atoms with Crippen LogP contribution in [0, 0.1) is 5.82 Å². The van der Waals surface area contributed by atoms with Crippen molar-refractivity contribution in [1.29, 1.82) is 0 Å². The Kier molecular flexibility index (Phi) is 4.05. The second kappa shape index (κ2) is 5.36. The summed E-state index contributed by atoms with van der Waals surface area (Å²) in [5.74, 6) is -0.421. The Morgan fingerprint density at radius 3 is 2.65 bits per heavy atom. The van der Waals surface area contributed by atoms with Crippen LogP contribution in [0.25, 0.3) is 0 Å². The van der Waals surface area contributed by atoms with Gasteiger partial charge in [0, 0.05) is 24.0 Å². The Bertz CT molecular complexity index is 433. The van der Waals surface area contributed by atoms with Crippen molar-refractivity contribution in [3.05, 3.63) is 34.1 Å². The number of carbonyl (C=O) groups excluding carboxylic acids is 1. The highest BCUT2D eigenvalue weighted by Gasteiger charge is 2.22. The largest absolute Gasteiger partial charge is 0.339 e. The third-order valence-corrected chi connectivity index (χ3v) is 3.92. The first-order chi connectivity index (χ1) is 8.08. The Balaban J connectivity index is 2.11. The summed E-state index contributed by atoms with van der Waals surface area (Å²) >= 11 is 9.06. The van der Waals surface area contributed by atoms with Crippen LogP contribution in [-0.4, -0.2) is 29.3 Å². The summed E-state index contributed by atoms with van der Waals surface area (Å²) in [6.07, 6.45) is 1.63. The molecule has 1 saturated heterocycles. The van der Waals surface area contributed by atoms with Crippen molar-refractivity contribution in [3.8, 4) is 0 Å². The van der Waals surface area contributed by atoms with E-state index in [1.807, 2.05) is 0 Å². The minimum atomic E-state index is -0.360. The predicted molar refractivity (Wildman–Crippen MR) is 68.9 cm³/mol. The zero-order valence-corrected chi connectivity index (χ0v) is 11.5. The number of rotatable bonds is 1. The van der Waals surface area contributed by atoms with Gasteiger partial charge < -0.3 is 4.90 Å². The van der Waals surface area contributed by atoms with Gasteiger partial charge >= 0.3 is 0 Å². The number of carbonyl (C=O) groups is 1. The number of amides is 1. The molecule has 0 atom stereocenters. The van der Waals surface area contributed by atoms with Crippen LogP contribution in [0.4, 0.5) is 4.39 Å². The number of piperidine rings is 1. The summed E-state index contributed by atoms with van der Waals surface area (Å²) in [5.41, 5.74) is 0.506. The quantitative estimate of drug-likeness (QED) is 0.726. The number of hydrogen-bond donors (Lipinski definition) is 0. The molecule has 0 radical (unpaired) electrons. The first-order valence-electron chi connectivity index (χ1n) is 5.46. The lowest BCUT2D eigenvalue weighted by atomic mass is 10.1. The Labute approximate surface area is 113 Å². The lowest BCUT2D eigenvalue weighted by Crippen LogP contribution is -2.38. The molecular formula is C12H12BrClFNO. The Morgan fingerprint density at radius 2 is 2.06 bits per heavy atom. The molecule has 0 spiro atoms. The van der Waals surface area contributed by atoms with Gasteiger partial charge in [-0.2, -0.15) is 0 Å². The molecule has 0 unspecified atom stereocenters. The van der Waals surface area contributed by atoms with Gasteiger partial charge in [-0.25, -0.2) is 4.39 Å². The van der Waals surface area contributed by atoms with E-state index in [9.17, 15) is 9.18 Å². The van der Waals surface area contributed by atoms with Gasteiger partial charge in [0.25, 0.3) is 5.91 Å². The molecule has 5 heteroatoms. The summed E-state index contributed by atoms with van der Waals surface area (Å²) in [6.45, 7) is 1.34. The van der Waals surface area contributed by atoms with Gasteiger partial charge in [0.05, 0.1) is 4.47 Å². The van der Waals surface area contributed by atoms with Gasteiger partial charge in [0.2, 0.25) is 0 Å². The van der Waals surface area contributed by atoms with Crippen LogP contribution in [0.5, 0.6) is 0 Å². The van der Waals surface area contributed by atoms with Crippen molar-refractivity contribution in [2.75, 3.05) is 13.1 Å². The fourth-order valence-corrected chi connectivity index (χ4v) is 2.44. The van der Waals surface area contributed by atoms with Gasteiger partial charge in [-0.15, -0.1) is 11.6 Å². The third kappa shape index (κ3) is 2.99. The number of hydrogen-bond acceptors (Lipinski definition) is 1. The van der Waals surface area contributed by atoms with Crippen LogP contribution in [0.2, 0.25) is 0 Å². The van der Waals surface area contributed by atoms with Crippen LogP contribution < -0.4 is 0 Å². The molecule has 1 aliphatic heterocycles. The summed E-state index contributed by atoms with van der Waals surface area (Å²) in [7, 11) is 0. The summed E-state index contributed by atoms with van der Waals surface area (Å²) in [4.78, 5) is 13.9. The van der Waals surface area contributed by atoms with E-state index in [1.54, 1.807) is 4.90 Å². The van der Waals surface area contributed by atoms with Crippen molar-refractivity contribution in [1.82, 2.24) is 4.90 Å². The maximum absolute atomic E-state index is 13.1. The molecule has 0 aromatic heterocycles. The molecule has 0 aliphatic carbocycles. The van der Waals surface area contributed by atoms with E-state index >= 15 is 0 Å². The van der Waals surface area contributed by atoms with Gasteiger partial charge in [-0.1, -0.05) is 0 Å². The highest BCUT2D eigenvalue weighted by molar-refractivity contribution is 9.10. The van der Waals surface area contributed by atoms with Crippen molar-refractivity contribution >= 4 is 33.4 Å². The van der Waals surface area contributed by atoms with Gasteiger partial charge in [0.15, 0.2) is 0 Å². The van der Waals surface area contributed by atoms with E-state index in [0.29, 0.717) is 23.1 Å². The second-order valence-corrected chi connectivity index (χ2v) is 5.57. The molecule has 2 rings (SSSR count). The molecule has 1 aliphatic rings. The van der Waals surface area contributed by atoms with Gasteiger partial charge in [-0.05, 0) is 47.0 Å². The van der Waals surface area contributed by atoms with Crippen LogP contribution in [0.1, 0.15) is 23.2 Å². The van der Waals surface area contributed by atoms with E-state index < -0.39 is 0 Å². The molecule has 1 amide bonds. The second-order valence-electron chi connectivity index (χ2n) is 4.10.